The molecule has 0 bridgehead atoms. The van der Waals surface area contributed by atoms with Crippen LogP contribution in [0.1, 0.15) is 48.7 Å². The van der Waals surface area contributed by atoms with E-state index in [-0.39, 0.29) is 30.6 Å². The third-order valence-corrected chi connectivity index (χ3v) is 6.36. The Bertz CT molecular complexity index is 1070. The van der Waals surface area contributed by atoms with Crippen LogP contribution in [0.5, 0.6) is 5.75 Å². The smallest absolute Gasteiger partial charge is 0.263 e. The van der Waals surface area contributed by atoms with Gasteiger partial charge in [0.05, 0.1) is 12.8 Å². The lowest BCUT2D eigenvalue weighted by atomic mass is 10.1. The van der Waals surface area contributed by atoms with E-state index < -0.39 is 0 Å². The number of fused-ring (bicyclic) bond motifs is 1. The van der Waals surface area contributed by atoms with Crippen LogP contribution in [-0.4, -0.2) is 47.2 Å². The highest BCUT2D eigenvalue weighted by atomic mass is 32.1. The summed E-state index contributed by atoms with van der Waals surface area (Å²) in [6.45, 7) is 2.52. The van der Waals surface area contributed by atoms with Crippen LogP contribution in [0.15, 0.2) is 36.7 Å². The van der Waals surface area contributed by atoms with E-state index in [2.05, 4.69) is 15.8 Å². The molecule has 1 saturated heterocycles. The van der Waals surface area contributed by atoms with Gasteiger partial charge < -0.3 is 14.8 Å². The molecule has 0 radical (unpaired) electrons. The number of benzene rings is 1. The molecule has 33 heavy (non-hydrogen) atoms. The van der Waals surface area contributed by atoms with Crippen LogP contribution in [0, 0.1) is 0 Å². The summed E-state index contributed by atoms with van der Waals surface area (Å²) in [6.07, 6.45) is 6.84. The molecule has 3 heterocycles. The summed E-state index contributed by atoms with van der Waals surface area (Å²) >= 11 is 1.32. The van der Waals surface area contributed by atoms with Crippen molar-refractivity contribution in [2.45, 2.75) is 51.4 Å². The molecule has 0 aliphatic carbocycles. The van der Waals surface area contributed by atoms with Gasteiger partial charge >= 0.3 is 0 Å². The number of hydrogen-bond acceptors (Lipinski definition) is 7. The monoisotopic (exact) mass is 472 g/mol. The minimum Gasteiger partial charge on any atom is -0.497 e. The molecule has 2 unspecified atom stereocenters. The molecule has 1 aliphatic rings. The average Bonchev–Trinajstić information content (AvgIpc) is 3.42. The summed E-state index contributed by atoms with van der Waals surface area (Å²) in [6, 6.07) is 7.51. The fourth-order valence-corrected chi connectivity index (χ4v) is 4.39. The van der Waals surface area contributed by atoms with Crippen molar-refractivity contribution in [1.29, 1.82) is 0 Å². The molecule has 0 spiro atoms. The fraction of sp³-hybridized carbons (Fsp3) is 0.435. The van der Waals surface area contributed by atoms with E-state index >= 15 is 0 Å². The van der Waals surface area contributed by atoms with Crippen LogP contribution in [0.3, 0.4) is 0 Å². The number of rotatable bonds is 9. The van der Waals surface area contributed by atoms with Crippen molar-refractivity contribution in [1.82, 2.24) is 20.2 Å². The van der Waals surface area contributed by atoms with Crippen molar-refractivity contribution in [3.8, 4) is 17.0 Å². The first-order valence-corrected chi connectivity index (χ1v) is 11.8. The first kappa shape index (κ1) is 23.2. The van der Waals surface area contributed by atoms with E-state index in [0.717, 1.165) is 41.2 Å². The van der Waals surface area contributed by atoms with Crippen molar-refractivity contribution >= 4 is 28.1 Å². The van der Waals surface area contributed by atoms with Crippen LogP contribution in [0.25, 0.3) is 16.2 Å². The third-order valence-electron chi connectivity index (χ3n) is 5.37. The number of carbonyl (C=O) groups excluding carboxylic acids is 2. The summed E-state index contributed by atoms with van der Waals surface area (Å²) in [5.74, 6) is 0.346. The van der Waals surface area contributed by atoms with E-state index in [9.17, 15) is 9.59 Å². The average molecular weight is 473 g/mol. The predicted molar refractivity (Wildman–Crippen MR) is 124 cm³/mol. The Morgan fingerprint density at radius 2 is 2.21 bits per heavy atom. The third kappa shape index (κ3) is 6.10. The number of methoxy groups -OCH3 is 1. The molecule has 1 aliphatic heterocycles. The molecule has 2 atom stereocenters. The molecule has 176 valence electrons. The second-order valence-corrected chi connectivity index (χ2v) is 9.00. The number of thiazole rings is 1. The molecule has 2 N–H and O–H groups in total. The van der Waals surface area contributed by atoms with Crippen molar-refractivity contribution in [2.24, 2.45) is 0 Å². The first-order valence-electron chi connectivity index (χ1n) is 11.0. The number of amides is 2. The Kier molecular flexibility index (Phi) is 7.58. The normalized spacial score (nSPS) is 17.0. The van der Waals surface area contributed by atoms with Crippen LogP contribution < -0.4 is 15.5 Å². The molecule has 4 rings (SSSR count). The lowest BCUT2D eigenvalue weighted by Crippen LogP contribution is -2.35. The van der Waals surface area contributed by atoms with Crippen LogP contribution in [-0.2, 0) is 14.4 Å². The van der Waals surface area contributed by atoms with Gasteiger partial charge in [-0.1, -0.05) is 23.5 Å². The maximum absolute atomic E-state index is 12.6. The molecule has 2 amide bonds. The molecule has 2 aromatic heterocycles. The number of aromatic nitrogens is 2. The van der Waals surface area contributed by atoms with Crippen LogP contribution in [0.2, 0.25) is 0 Å². The summed E-state index contributed by atoms with van der Waals surface area (Å²) in [5, 5.41) is 2.94. The Balaban J connectivity index is 1.26. The van der Waals surface area contributed by atoms with Crippen molar-refractivity contribution in [3.05, 3.63) is 41.5 Å². The van der Waals surface area contributed by atoms with Gasteiger partial charge in [0.25, 0.3) is 5.91 Å². The highest BCUT2D eigenvalue weighted by molar-refractivity contribution is 7.18. The molecule has 3 aromatic rings. The van der Waals surface area contributed by atoms with Crippen LogP contribution >= 0.6 is 11.3 Å². The number of hydroxylamine groups is 1. The Morgan fingerprint density at radius 1 is 1.33 bits per heavy atom. The molecular weight excluding hydrogens is 444 g/mol. The van der Waals surface area contributed by atoms with Gasteiger partial charge in [-0.25, -0.2) is 15.3 Å². The molecule has 1 aromatic carbocycles. The summed E-state index contributed by atoms with van der Waals surface area (Å²) in [5.41, 5.74) is 4.20. The van der Waals surface area contributed by atoms with E-state index in [1.54, 1.807) is 13.3 Å². The van der Waals surface area contributed by atoms with Crippen LogP contribution in [0.4, 0.5) is 0 Å². The van der Waals surface area contributed by atoms with Gasteiger partial charge in [-0.05, 0) is 38.3 Å². The topological polar surface area (TPSA) is 103 Å². The SMILES string of the molecule is COc1cccc(-c2cn3cc(C(=O)NC(C)CCC(=O)NOC4CCCCO4)sc3n2)c1. The number of ether oxygens (including phenoxy) is 2. The minimum atomic E-state index is -0.373. The number of nitrogens with one attached hydrogen (secondary N) is 2. The largest absolute Gasteiger partial charge is 0.497 e. The molecule has 0 saturated carbocycles. The van der Waals surface area contributed by atoms with Gasteiger partial charge in [0.2, 0.25) is 5.91 Å². The predicted octanol–water partition coefficient (Wildman–Crippen LogP) is 3.54. The zero-order chi connectivity index (χ0) is 23.2. The highest BCUT2D eigenvalue weighted by Crippen LogP contribution is 2.26. The van der Waals surface area contributed by atoms with Gasteiger partial charge in [0, 0.05) is 43.4 Å². The summed E-state index contributed by atoms with van der Waals surface area (Å²) < 4.78 is 12.5. The van der Waals surface area contributed by atoms with E-state index in [0.29, 0.717) is 17.9 Å². The van der Waals surface area contributed by atoms with E-state index in [1.807, 2.05) is 41.8 Å². The van der Waals surface area contributed by atoms with Gasteiger partial charge in [-0.15, -0.1) is 0 Å². The molecular formula is C23H28N4O5S. The molecule has 1 fully saturated rings. The number of hydrogen-bond donors (Lipinski definition) is 2. The Morgan fingerprint density at radius 3 is 2.97 bits per heavy atom. The van der Waals surface area contributed by atoms with Gasteiger partial charge in [0.15, 0.2) is 11.3 Å². The fourth-order valence-electron chi connectivity index (χ4n) is 3.52. The number of carbonyl (C=O) groups is 2. The number of nitrogens with zero attached hydrogens (tertiary/aromatic N) is 2. The maximum Gasteiger partial charge on any atom is 0.263 e. The summed E-state index contributed by atoms with van der Waals surface area (Å²) in [4.78, 5) is 35.8. The van der Waals surface area contributed by atoms with E-state index in [1.165, 1.54) is 11.3 Å². The Labute approximate surface area is 196 Å². The summed E-state index contributed by atoms with van der Waals surface area (Å²) in [7, 11) is 1.63. The second-order valence-electron chi connectivity index (χ2n) is 8.00. The van der Waals surface area contributed by atoms with E-state index in [4.69, 9.17) is 14.3 Å². The van der Waals surface area contributed by atoms with Crippen molar-refractivity contribution in [2.75, 3.05) is 13.7 Å². The second kappa shape index (κ2) is 10.8. The molecule has 9 nitrogen and oxygen atoms in total. The lowest BCUT2D eigenvalue weighted by molar-refractivity contribution is -0.200. The van der Waals surface area contributed by atoms with Gasteiger partial charge in [-0.3, -0.25) is 14.0 Å². The van der Waals surface area contributed by atoms with Crippen molar-refractivity contribution in [3.63, 3.8) is 0 Å². The standard InChI is InChI=1S/C23H28N4O5S/c1-15(9-10-20(28)26-32-21-8-3-4-11-31-21)24-22(29)19-14-27-13-18(25-23(27)33-19)16-6-5-7-17(12-16)30-2/h5-7,12-15,21H,3-4,8-11H2,1-2H3,(H,24,29)(H,26,28). The first-order chi connectivity index (χ1) is 16.0. The lowest BCUT2D eigenvalue weighted by Gasteiger charge is -2.22. The van der Waals surface area contributed by atoms with Crippen molar-refractivity contribution < 1.29 is 23.9 Å². The zero-order valence-corrected chi connectivity index (χ0v) is 19.5. The van der Waals surface area contributed by atoms with Gasteiger partial charge in [-0.2, -0.15) is 0 Å². The molecule has 10 heteroatoms. The highest BCUT2D eigenvalue weighted by Gasteiger charge is 2.18. The quantitative estimate of drug-likeness (QED) is 0.462. The van der Waals surface area contributed by atoms with Gasteiger partial charge in [0.1, 0.15) is 10.6 Å². The zero-order valence-electron chi connectivity index (χ0n) is 18.7. The minimum absolute atomic E-state index is 0.170. The number of imidazole rings is 1. The maximum atomic E-state index is 12.6. The Hall–Kier alpha value is -2.95.